The number of piperidine rings is 1. The average Bonchev–Trinajstić information content (AvgIpc) is 3.10. The van der Waals surface area contributed by atoms with Gasteiger partial charge in [-0.25, -0.2) is 4.68 Å². The largest absolute Gasteiger partial charge is 0.376 e. The number of hydrogen-bond acceptors (Lipinski definition) is 5. The van der Waals surface area contributed by atoms with Gasteiger partial charge < -0.3 is 15.4 Å². The summed E-state index contributed by atoms with van der Waals surface area (Å²) in [7, 11) is 0. The van der Waals surface area contributed by atoms with E-state index in [9.17, 15) is 4.79 Å². The molecular formula is C13H21N5O2. The van der Waals surface area contributed by atoms with Gasteiger partial charge in [-0.15, -0.1) is 5.10 Å². The van der Waals surface area contributed by atoms with E-state index in [2.05, 4.69) is 20.9 Å². The van der Waals surface area contributed by atoms with Crippen molar-refractivity contribution in [3.63, 3.8) is 0 Å². The summed E-state index contributed by atoms with van der Waals surface area (Å²) >= 11 is 0. The van der Waals surface area contributed by atoms with Gasteiger partial charge in [-0.1, -0.05) is 5.21 Å². The van der Waals surface area contributed by atoms with Gasteiger partial charge >= 0.3 is 0 Å². The molecule has 20 heavy (non-hydrogen) atoms. The van der Waals surface area contributed by atoms with E-state index in [1.165, 1.54) is 0 Å². The van der Waals surface area contributed by atoms with Crippen LogP contribution in [0, 0.1) is 0 Å². The summed E-state index contributed by atoms with van der Waals surface area (Å²) in [6.45, 7) is 4.66. The van der Waals surface area contributed by atoms with Crippen LogP contribution in [-0.2, 0) is 4.74 Å². The third-order valence-electron chi connectivity index (χ3n) is 4.12. The molecule has 2 atom stereocenters. The summed E-state index contributed by atoms with van der Waals surface area (Å²) < 4.78 is 7.26. The summed E-state index contributed by atoms with van der Waals surface area (Å²) in [5, 5.41) is 14.4. The fourth-order valence-electron chi connectivity index (χ4n) is 2.79. The van der Waals surface area contributed by atoms with Gasteiger partial charge in [0, 0.05) is 6.61 Å². The highest BCUT2D eigenvalue weighted by atomic mass is 16.5. The Morgan fingerprint density at radius 2 is 2.25 bits per heavy atom. The first-order valence-corrected chi connectivity index (χ1v) is 7.29. The highest BCUT2D eigenvalue weighted by molar-refractivity contribution is 5.92. The Balaban J connectivity index is 1.62. The molecule has 1 amide bonds. The lowest BCUT2D eigenvalue weighted by atomic mass is 10.1. The minimum Gasteiger partial charge on any atom is -0.376 e. The standard InChI is InChI=1S/C13H21N5O2/c1-9-11(4-7-20-9)15-13(19)12-8-18(17-16-12)10-2-5-14-6-3-10/h8-11,14H,2-7H2,1H3,(H,15,19). The van der Waals surface area contributed by atoms with Crippen LogP contribution in [-0.4, -0.2) is 52.7 Å². The van der Waals surface area contributed by atoms with Crippen molar-refractivity contribution in [2.75, 3.05) is 19.7 Å². The minimum absolute atomic E-state index is 0.0680. The van der Waals surface area contributed by atoms with E-state index in [0.717, 1.165) is 32.4 Å². The average molecular weight is 279 g/mol. The normalized spacial score (nSPS) is 27.6. The first-order chi connectivity index (χ1) is 9.74. The predicted octanol–water partition coefficient (Wildman–Crippen LogP) is 0.110. The smallest absolute Gasteiger partial charge is 0.273 e. The maximum Gasteiger partial charge on any atom is 0.273 e. The van der Waals surface area contributed by atoms with Crippen molar-refractivity contribution >= 4 is 5.91 Å². The molecule has 0 bridgehead atoms. The number of rotatable bonds is 3. The number of amides is 1. The number of hydrogen-bond donors (Lipinski definition) is 2. The maximum absolute atomic E-state index is 12.1. The van der Waals surface area contributed by atoms with Crippen LogP contribution in [0.3, 0.4) is 0 Å². The van der Waals surface area contributed by atoms with Crippen molar-refractivity contribution in [3.05, 3.63) is 11.9 Å². The third-order valence-corrected chi connectivity index (χ3v) is 4.12. The molecule has 7 heteroatoms. The molecule has 7 nitrogen and oxygen atoms in total. The van der Waals surface area contributed by atoms with E-state index in [-0.39, 0.29) is 18.1 Å². The second-order valence-corrected chi connectivity index (χ2v) is 5.51. The van der Waals surface area contributed by atoms with E-state index < -0.39 is 0 Å². The second-order valence-electron chi connectivity index (χ2n) is 5.51. The van der Waals surface area contributed by atoms with Gasteiger partial charge in [0.05, 0.1) is 24.4 Å². The first kappa shape index (κ1) is 13.5. The highest BCUT2D eigenvalue weighted by Gasteiger charge is 2.27. The Morgan fingerprint density at radius 3 is 2.95 bits per heavy atom. The Bertz CT molecular complexity index is 469. The first-order valence-electron chi connectivity index (χ1n) is 7.29. The van der Waals surface area contributed by atoms with E-state index in [0.29, 0.717) is 18.3 Å². The molecular weight excluding hydrogens is 258 g/mol. The number of carbonyl (C=O) groups excluding carboxylic acids is 1. The predicted molar refractivity (Wildman–Crippen MR) is 72.4 cm³/mol. The van der Waals surface area contributed by atoms with Gasteiger partial charge in [0.2, 0.25) is 0 Å². The van der Waals surface area contributed by atoms with Gasteiger partial charge in [0.25, 0.3) is 5.91 Å². The van der Waals surface area contributed by atoms with Crippen molar-refractivity contribution in [2.24, 2.45) is 0 Å². The van der Waals surface area contributed by atoms with Crippen LogP contribution in [0.15, 0.2) is 6.20 Å². The molecule has 0 saturated carbocycles. The van der Waals surface area contributed by atoms with Crippen molar-refractivity contribution in [2.45, 2.75) is 44.4 Å². The van der Waals surface area contributed by atoms with Crippen molar-refractivity contribution < 1.29 is 9.53 Å². The molecule has 0 radical (unpaired) electrons. The number of aromatic nitrogens is 3. The molecule has 2 aliphatic heterocycles. The number of nitrogens with one attached hydrogen (secondary N) is 2. The van der Waals surface area contributed by atoms with Crippen molar-refractivity contribution in [1.29, 1.82) is 0 Å². The molecule has 3 rings (SSSR count). The molecule has 2 N–H and O–H groups in total. The molecule has 0 aromatic carbocycles. The highest BCUT2D eigenvalue weighted by Crippen LogP contribution is 2.17. The SMILES string of the molecule is CC1OCCC1NC(=O)c1cn(C2CCNCC2)nn1. The van der Waals surface area contributed by atoms with Gasteiger partial charge in [0.1, 0.15) is 0 Å². The topological polar surface area (TPSA) is 81.1 Å². The molecule has 2 aliphatic rings. The number of nitrogens with zero attached hydrogens (tertiary/aromatic N) is 3. The summed E-state index contributed by atoms with van der Waals surface area (Å²) in [5.74, 6) is -0.160. The zero-order valence-electron chi connectivity index (χ0n) is 11.7. The van der Waals surface area contributed by atoms with Crippen LogP contribution >= 0.6 is 0 Å². The molecule has 0 spiro atoms. The summed E-state index contributed by atoms with van der Waals surface area (Å²) in [5.41, 5.74) is 0.391. The van der Waals surface area contributed by atoms with E-state index >= 15 is 0 Å². The molecule has 2 saturated heterocycles. The number of carbonyl (C=O) groups is 1. The molecule has 3 heterocycles. The fraction of sp³-hybridized carbons (Fsp3) is 0.769. The lowest BCUT2D eigenvalue weighted by Gasteiger charge is -2.22. The number of ether oxygens (including phenoxy) is 1. The van der Waals surface area contributed by atoms with Gasteiger partial charge in [-0.3, -0.25) is 4.79 Å². The molecule has 2 fully saturated rings. The maximum atomic E-state index is 12.1. The Morgan fingerprint density at radius 1 is 1.45 bits per heavy atom. The van der Waals surface area contributed by atoms with Gasteiger partial charge in [-0.2, -0.15) is 0 Å². The van der Waals surface area contributed by atoms with Crippen LogP contribution in [0.5, 0.6) is 0 Å². The Labute approximate surface area is 118 Å². The minimum atomic E-state index is -0.160. The third kappa shape index (κ3) is 2.83. The van der Waals surface area contributed by atoms with E-state index in [1.54, 1.807) is 6.20 Å². The molecule has 110 valence electrons. The zero-order chi connectivity index (χ0) is 13.9. The van der Waals surface area contributed by atoms with Crippen LogP contribution in [0.1, 0.15) is 42.7 Å². The van der Waals surface area contributed by atoms with Gasteiger partial charge in [-0.05, 0) is 39.3 Å². The molecule has 1 aromatic heterocycles. The summed E-state index contributed by atoms with van der Waals surface area (Å²) in [6.07, 6.45) is 4.73. The monoisotopic (exact) mass is 279 g/mol. The zero-order valence-corrected chi connectivity index (χ0v) is 11.7. The van der Waals surface area contributed by atoms with Crippen molar-refractivity contribution in [3.8, 4) is 0 Å². The fourth-order valence-corrected chi connectivity index (χ4v) is 2.79. The Kier molecular flexibility index (Phi) is 3.98. The van der Waals surface area contributed by atoms with Crippen LogP contribution in [0.25, 0.3) is 0 Å². The van der Waals surface area contributed by atoms with Crippen LogP contribution in [0.4, 0.5) is 0 Å². The molecule has 1 aromatic rings. The van der Waals surface area contributed by atoms with Crippen LogP contribution < -0.4 is 10.6 Å². The van der Waals surface area contributed by atoms with E-state index in [1.807, 2.05) is 11.6 Å². The van der Waals surface area contributed by atoms with Crippen LogP contribution in [0.2, 0.25) is 0 Å². The van der Waals surface area contributed by atoms with Crippen molar-refractivity contribution in [1.82, 2.24) is 25.6 Å². The second kappa shape index (κ2) is 5.88. The summed E-state index contributed by atoms with van der Waals surface area (Å²) in [4.78, 5) is 12.1. The molecule has 0 aliphatic carbocycles. The lowest BCUT2D eigenvalue weighted by Crippen LogP contribution is -2.39. The Hall–Kier alpha value is -1.47. The molecule has 2 unspecified atom stereocenters. The van der Waals surface area contributed by atoms with Gasteiger partial charge in [0.15, 0.2) is 5.69 Å². The quantitative estimate of drug-likeness (QED) is 0.821. The summed E-state index contributed by atoms with van der Waals surface area (Å²) in [6, 6.07) is 0.422. The lowest BCUT2D eigenvalue weighted by molar-refractivity contribution is 0.0861. The van der Waals surface area contributed by atoms with E-state index in [4.69, 9.17) is 4.74 Å².